The van der Waals surface area contributed by atoms with Gasteiger partial charge in [-0.1, -0.05) is 12.1 Å². The molecule has 1 fully saturated rings. The minimum Gasteiger partial charge on any atom is -0.342 e. The van der Waals surface area contributed by atoms with E-state index in [0.29, 0.717) is 19.5 Å². The number of rotatable bonds is 4. The number of hydrogen-bond donors (Lipinski definition) is 0. The molecule has 0 saturated carbocycles. The number of nitrogens with zero attached hydrogens (tertiary/aromatic N) is 5. The highest BCUT2D eigenvalue weighted by Crippen LogP contribution is 2.25. The highest BCUT2D eigenvalue weighted by Gasteiger charge is 2.29. The van der Waals surface area contributed by atoms with Crippen LogP contribution in [0.3, 0.4) is 0 Å². The summed E-state index contributed by atoms with van der Waals surface area (Å²) < 4.78 is 2.05. The van der Waals surface area contributed by atoms with E-state index in [1.54, 1.807) is 0 Å². The van der Waals surface area contributed by atoms with E-state index in [9.17, 15) is 4.79 Å². The zero-order valence-corrected chi connectivity index (χ0v) is 15.2. The van der Waals surface area contributed by atoms with E-state index in [0.717, 1.165) is 41.2 Å². The Morgan fingerprint density at radius 3 is 2.77 bits per heavy atom. The van der Waals surface area contributed by atoms with Gasteiger partial charge in [0, 0.05) is 43.4 Å². The van der Waals surface area contributed by atoms with E-state index in [-0.39, 0.29) is 11.8 Å². The number of aromatic nitrogens is 4. The Labute approximate surface area is 152 Å². The number of para-hydroxylation sites is 2. The molecule has 1 aliphatic heterocycles. The van der Waals surface area contributed by atoms with Crippen molar-refractivity contribution in [3.63, 3.8) is 0 Å². The Morgan fingerprint density at radius 2 is 1.96 bits per heavy atom. The van der Waals surface area contributed by atoms with E-state index >= 15 is 0 Å². The maximum atomic E-state index is 12.6. The van der Waals surface area contributed by atoms with Crippen LogP contribution in [0.4, 0.5) is 0 Å². The first-order valence-electron chi connectivity index (χ1n) is 9.10. The van der Waals surface area contributed by atoms with Gasteiger partial charge in [-0.25, -0.2) is 15.0 Å². The van der Waals surface area contributed by atoms with Gasteiger partial charge < -0.3 is 9.47 Å². The number of aryl methyl sites for hydroxylation is 3. The van der Waals surface area contributed by atoms with E-state index in [4.69, 9.17) is 0 Å². The Kier molecular flexibility index (Phi) is 4.41. The third kappa shape index (κ3) is 3.31. The highest BCUT2D eigenvalue weighted by molar-refractivity contribution is 5.78. The third-order valence-electron chi connectivity index (χ3n) is 5.00. The fourth-order valence-corrected chi connectivity index (χ4v) is 3.70. The molecular weight excluding hydrogens is 326 g/mol. The number of fused-ring (bicyclic) bond motifs is 1. The van der Waals surface area contributed by atoms with Crippen LogP contribution in [0.25, 0.3) is 11.0 Å². The monoisotopic (exact) mass is 349 g/mol. The normalized spacial score (nSPS) is 17.2. The summed E-state index contributed by atoms with van der Waals surface area (Å²) in [4.78, 5) is 28.1. The maximum absolute atomic E-state index is 12.6. The zero-order chi connectivity index (χ0) is 18.1. The van der Waals surface area contributed by atoms with Crippen LogP contribution in [-0.2, 0) is 11.3 Å². The van der Waals surface area contributed by atoms with E-state index < -0.39 is 0 Å². The van der Waals surface area contributed by atoms with Gasteiger partial charge in [0.05, 0.1) is 17.4 Å². The van der Waals surface area contributed by atoms with Gasteiger partial charge in [-0.3, -0.25) is 4.79 Å². The molecule has 3 heterocycles. The zero-order valence-electron chi connectivity index (χ0n) is 15.2. The van der Waals surface area contributed by atoms with Crippen molar-refractivity contribution in [2.45, 2.75) is 39.2 Å². The summed E-state index contributed by atoms with van der Waals surface area (Å²) in [5.74, 6) is 1.31. The molecule has 4 rings (SSSR count). The largest absolute Gasteiger partial charge is 0.342 e. The Balaban J connectivity index is 1.38. The molecule has 0 aliphatic carbocycles. The van der Waals surface area contributed by atoms with Crippen molar-refractivity contribution in [1.29, 1.82) is 0 Å². The van der Waals surface area contributed by atoms with Gasteiger partial charge in [-0.2, -0.15) is 0 Å². The second-order valence-electron chi connectivity index (χ2n) is 7.01. The standard InChI is InChI=1S/C20H23N5O/c1-14-11-15(2)23-20(22-14)16-7-9-24(12-16)19(26)8-10-25-13-21-17-5-3-4-6-18(17)25/h3-6,11,13,16H,7-10,12H2,1-2H3/t16-/m0/s1. The number of amides is 1. The second-order valence-corrected chi connectivity index (χ2v) is 7.01. The van der Waals surface area contributed by atoms with Crippen molar-refractivity contribution in [2.24, 2.45) is 0 Å². The van der Waals surface area contributed by atoms with E-state index in [1.807, 2.05) is 60.0 Å². The number of hydrogen-bond acceptors (Lipinski definition) is 4. The van der Waals surface area contributed by atoms with Crippen LogP contribution in [0.5, 0.6) is 0 Å². The van der Waals surface area contributed by atoms with Gasteiger partial charge in [0.1, 0.15) is 5.82 Å². The quantitative estimate of drug-likeness (QED) is 0.726. The van der Waals surface area contributed by atoms with Gasteiger partial charge in [0.2, 0.25) is 5.91 Å². The van der Waals surface area contributed by atoms with Gasteiger partial charge in [-0.05, 0) is 38.5 Å². The molecular formula is C20H23N5O. The van der Waals surface area contributed by atoms with Crippen molar-refractivity contribution in [1.82, 2.24) is 24.4 Å². The number of imidazole rings is 1. The van der Waals surface area contributed by atoms with Gasteiger partial charge in [0.25, 0.3) is 0 Å². The van der Waals surface area contributed by atoms with Crippen molar-refractivity contribution >= 4 is 16.9 Å². The molecule has 0 radical (unpaired) electrons. The molecule has 26 heavy (non-hydrogen) atoms. The summed E-state index contributed by atoms with van der Waals surface area (Å²) in [5, 5.41) is 0. The third-order valence-corrected chi connectivity index (χ3v) is 5.00. The highest BCUT2D eigenvalue weighted by atomic mass is 16.2. The fraction of sp³-hybridized carbons (Fsp3) is 0.400. The van der Waals surface area contributed by atoms with Crippen LogP contribution in [0, 0.1) is 13.8 Å². The molecule has 0 unspecified atom stereocenters. The summed E-state index contributed by atoms with van der Waals surface area (Å²) in [6.07, 6.45) is 3.23. The molecule has 1 atom stereocenters. The SMILES string of the molecule is Cc1cc(C)nc([C@H]2CCN(C(=O)CCn3cnc4ccccc43)C2)n1. The molecule has 6 nitrogen and oxygen atoms in total. The average molecular weight is 349 g/mol. The molecule has 134 valence electrons. The fourth-order valence-electron chi connectivity index (χ4n) is 3.70. The molecule has 2 aromatic heterocycles. The van der Waals surface area contributed by atoms with Gasteiger partial charge in [0.15, 0.2) is 0 Å². The average Bonchev–Trinajstić information content (AvgIpc) is 3.26. The Morgan fingerprint density at radius 1 is 1.19 bits per heavy atom. The van der Waals surface area contributed by atoms with Crippen LogP contribution in [0.1, 0.15) is 36.0 Å². The van der Waals surface area contributed by atoms with Crippen molar-refractivity contribution < 1.29 is 4.79 Å². The first kappa shape index (κ1) is 16.7. The first-order valence-corrected chi connectivity index (χ1v) is 9.10. The predicted octanol–water partition coefficient (Wildman–Crippen LogP) is 2.85. The molecule has 1 saturated heterocycles. The molecule has 0 spiro atoms. The molecule has 0 bridgehead atoms. The van der Waals surface area contributed by atoms with Crippen LogP contribution in [0.2, 0.25) is 0 Å². The molecule has 1 aromatic carbocycles. The molecule has 3 aromatic rings. The minimum absolute atomic E-state index is 0.189. The minimum atomic E-state index is 0.189. The van der Waals surface area contributed by atoms with Crippen LogP contribution in [0.15, 0.2) is 36.7 Å². The number of benzene rings is 1. The van der Waals surface area contributed by atoms with E-state index in [1.165, 1.54) is 0 Å². The van der Waals surface area contributed by atoms with Crippen LogP contribution in [-0.4, -0.2) is 43.4 Å². The summed E-state index contributed by atoms with van der Waals surface area (Å²) in [6.45, 7) is 6.13. The molecule has 1 amide bonds. The Hall–Kier alpha value is -2.76. The first-order chi connectivity index (χ1) is 12.6. The lowest BCUT2D eigenvalue weighted by atomic mass is 10.1. The summed E-state index contributed by atoms with van der Waals surface area (Å²) in [7, 11) is 0. The number of likely N-dealkylation sites (tertiary alicyclic amines) is 1. The van der Waals surface area contributed by atoms with Crippen LogP contribution < -0.4 is 0 Å². The summed E-state index contributed by atoms with van der Waals surface area (Å²) in [5.41, 5.74) is 4.02. The predicted molar refractivity (Wildman–Crippen MR) is 99.8 cm³/mol. The molecule has 0 N–H and O–H groups in total. The summed E-state index contributed by atoms with van der Waals surface area (Å²) in [6, 6.07) is 9.98. The lowest BCUT2D eigenvalue weighted by molar-refractivity contribution is -0.130. The van der Waals surface area contributed by atoms with E-state index in [2.05, 4.69) is 15.0 Å². The van der Waals surface area contributed by atoms with Gasteiger partial charge in [-0.15, -0.1) is 0 Å². The summed E-state index contributed by atoms with van der Waals surface area (Å²) >= 11 is 0. The van der Waals surface area contributed by atoms with Crippen molar-refractivity contribution in [3.8, 4) is 0 Å². The lowest BCUT2D eigenvalue weighted by Gasteiger charge is -2.17. The van der Waals surface area contributed by atoms with Crippen LogP contribution >= 0.6 is 0 Å². The Bertz CT molecular complexity index is 928. The smallest absolute Gasteiger partial charge is 0.224 e. The number of carbonyl (C=O) groups excluding carboxylic acids is 1. The molecule has 1 aliphatic rings. The van der Waals surface area contributed by atoms with Gasteiger partial charge >= 0.3 is 0 Å². The topological polar surface area (TPSA) is 63.9 Å². The maximum Gasteiger partial charge on any atom is 0.224 e. The van der Waals surface area contributed by atoms with Crippen molar-refractivity contribution in [3.05, 3.63) is 53.9 Å². The van der Waals surface area contributed by atoms with Crippen molar-refractivity contribution in [2.75, 3.05) is 13.1 Å². The second kappa shape index (κ2) is 6.86. The molecule has 6 heteroatoms. The number of carbonyl (C=O) groups is 1. The lowest BCUT2D eigenvalue weighted by Crippen LogP contribution is -2.29.